The number of carbonyl (C=O) groups excluding carboxylic acids is 1. The van der Waals surface area contributed by atoms with Crippen molar-refractivity contribution in [1.29, 1.82) is 0 Å². The van der Waals surface area contributed by atoms with E-state index in [0.29, 0.717) is 0 Å². The predicted molar refractivity (Wildman–Crippen MR) is 57.5 cm³/mol. The van der Waals surface area contributed by atoms with Gasteiger partial charge in [0.05, 0.1) is 5.56 Å². The molecular weight excluding hydrogens is 242 g/mol. The minimum Gasteiger partial charge on any atom is -0.456 e. The number of rotatable bonds is 3. The van der Waals surface area contributed by atoms with Crippen LogP contribution in [-0.4, -0.2) is 15.9 Å². The van der Waals surface area contributed by atoms with E-state index in [1.54, 1.807) is 0 Å². The first-order chi connectivity index (χ1) is 8.68. The van der Waals surface area contributed by atoms with Crippen molar-refractivity contribution in [3.8, 4) is 0 Å². The van der Waals surface area contributed by atoms with E-state index in [9.17, 15) is 13.6 Å². The number of hydrogen-bond acceptors (Lipinski definition) is 4. The topological polar surface area (TPSA) is 52.1 Å². The highest BCUT2D eigenvalue weighted by Gasteiger charge is 2.13. The molecule has 0 N–H and O–H groups in total. The molecular formula is C12H8F2N2O2. The van der Waals surface area contributed by atoms with E-state index in [-0.39, 0.29) is 11.3 Å². The van der Waals surface area contributed by atoms with Crippen LogP contribution in [0.15, 0.2) is 36.8 Å². The summed E-state index contributed by atoms with van der Waals surface area (Å²) < 4.78 is 31.3. The van der Waals surface area contributed by atoms with Crippen molar-refractivity contribution in [3.63, 3.8) is 0 Å². The molecule has 0 aliphatic carbocycles. The molecule has 0 saturated heterocycles. The molecule has 0 fully saturated rings. The summed E-state index contributed by atoms with van der Waals surface area (Å²) in [5.74, 6) is -2.28. The van der Waals surface area contributed by atoms with Gasteiger partial charge in [0.1, 0.15) is 24.6 Å². The number of halogens is 2. The third-order valence-corrected chi connectivity index (χ3v) is 2.20. The van der Waals surface area contributed by atoms with Crippen molar-refractivity contribution in [2.24, 2.45) is 0 Å². The van der Waals surface area contributed by atoms with E-state index in [1.807, 2.05) is 0 Å². The van der Waals surface area contributed by atoms with Crippen LogP contribution in [0.2, 0.25) is 0 Å². The molecule has 2 aromatic rings. The molecule has 0 spiro atoms. The number of esters is 1. The van der Waals surface area contributed by atoms with E-state index in [0.717, 1.165) is 12.1 Å². The molecule has 2 rings (SSSR count). The lowest BCUT2D eigenvalue weighted by atomic mass is 10.2. The van der Waals surface area contributed by atoms with Gasteiger partial charge in [0.2, 0.25) is 0 Å². The summed E-state index contributed by atoms with van der Waals surface area (Å²) in [7, 11) is 0. The van der Waals surface area contributed by atoms with Crippen LogP contribution in [0.5, 0.6) is 0 Å². The fraction of sp³-hybridized carbons (Fsp3) is 0.0833. The Labute approximate surface area is 101 Å². The van der Waals surface area contributed by atoms with E-state index in [1.165, 1.54) is 24.7 Å². The van der Waals surface area contributed by atoms with Gasteiger partial charge in [-0.25, -0.2) is 23.5 Å². The third kappa shape index (κ3) is 2.65. The highest BCUT2D eigenvalue weighted by molar-refractivity contribution is 5.86. The highest BCUT2D eigenvalue weighted by Crippen LogP contribution is 2.13. The predicted octanol–water partition coefficient (Wildman–Crippen LogP) is 2.11. The number of carbonyl (C=O) groups is 1. The summed E-state index contributed by atoms with van der Waals surface area (Å²) >= 11 is 0. The minimum atomic E-state index is -0.764. The number of hydrogen-bond donors (Lipinski definition) is 0. The van der Waals surface area contributed by atoms with Gasteiger partial charge in [0.25, 0.3) is 0 Å². The zero-order chi connectivity index (χ0) is 13.0. The number of benzene rings is 1. The number of ether oxygens (including phenoxy) is 1. The van der Waals surface area contributed by atoms with Crippen molar-refractivity contribution in [2.45, 2.75) is 6.61 Å². The molecule has 92 valence electrons. The normalized spacial score (nSPS) is 10.1. The van der Waals surface area contributed by atoms with Gasteiger partial charge in [0, 0.05) is 6.20 Å². The quantitative estimate of drug-likeness (QED) is 0.783. The molecule has 1 heterocycles. The van der Waals surface area contributed by atoms with Crippen molar-refractivity contribution >= 4 is 5.97 Å². The first kappa shape index (κ1) is 12.1. The Morgan fingerprint density at radius 1 is 1.22 bits per heavy atom. The Bertz CT molecular complexity index is 541. The lowest BCUT2D eigenvalue weighted by Crippen LogP contribution is -2.09. The second kappa shape index (κ2) is 5.31. The highest BCUT2D eigenvalue weighted by atomic mass is 19.1. The van der Waals surface area contributed by atoms with Crippen molar-refractivity contribution in [1.82, 2.24) is 9.97 Å². The monoisotopic (exact) mass is 250 g/mol. The summed E-state index contributed by atoms with van der Waals surface area (Å²) in [5.41, 5.74) is -0.262. The Morgan fingerprint density at radius 2 is 1.94 bits per heavy atom. The lowest BCUT2D eigenvalue weighted by Gasteiger charge is -2.06. The first-order valence-electron chi connectivity index (χ1n) is 5.04. The molecule has 0 saturated carbocycles. The van der Waals surface area contributed by atoms with Gasteiger partial charge in [0.15, 0.2) is 5.69 Å². The Balaban J connectivity index is 2.07. The molecule has 0 unspecified atom stereocenters. The van der Waals surface area contributed by atoms with Crippen LogP contribution in [-0.2, 0) is 11.3 Å². The fourth-order valence-corrected chi connectivity index (χ4v) is 1.29. The second-order valence-electron chi connectivity index (χ2n) is 3.37. The molecule has 0 aliphatic rings. The summed E-state index contributed by atoms with van der Waals surface area (Å²) in [6.07, 6.45) is 2.55. The lowest BCUT2D eigenvalue weighted by molar-refractivity contribution is 0.0457. The maximum atomic E-state index is 13.2. The number of aromatic nitrogens is 2. The molecule has 1 aromatic carbocycles. The van der Waals surface area contributed by atoms with Crippen LogP contribution in [0.4, 0.5) is 8.78 Å². The molecule has 6 heteroatoms. The maximum absolute atomic E-state index is 13.2. The fourth-order valence-electron chi connectivity index (χ4n) is 1.29. The van der Waals surface area contributed by atoms with E-state index < -0.39 is 24.2 Å². The van der Waals surface area contributed by atoms with Gasteiger partial charge in [-0.15, -0.1) is 0 Å². The first-order valence-corrected chi connectivity index (χ1v) is 5.04. The third-order valence-electron chi connectivity index (χ3n) is 2.20. The largest absolute Gasteiger partial charge is 0.456 e. The van der Waals surface area contributed by atoms with Crippen LogP contribution < -0.4 is 0 Å². The van der Waals surface area contributed by atoms with Crippen molar-refractivity contribution in [3.05, 3.63) is 59.7 Å². The van der Waals surface area contributed by atoms with Gasteiger partial charge in [-0.05, 0) is 18.2 Å². The average molecular weight is 250 g/mol. The Morgan fingerprint density at radius 3 is 2.56 bits per heavy atom. The van der Waals surface area contributed by atoms with Crippen LogP contribution >= 0.6 is 0 Å². The molecule has 0 radical (unpaired) electrons. The van der Waals surface area contributed by atoms with Crippen LogP contribution in [0.3, 0.4) is 0 Å². The van der Waals surface area contributed by atoms with E-state index in [2.05, 4.69) is 9.97 Å². The van der Waals surface area contributed by atoms with Crippen molar-refractivity contribution < 1.29 is 18.3 Å². The molecule has 1 aromatic heterocycles. The van der Waals surface area contributed by atoms with Crippen LogP contribution in [0.25, 0.3) is 0 Å². The zero-order valence-electron chi connectivity index (χ0n) is 9.14. The van der Waals surface area contributed by atoms with E-state index >= 15 is 0 Å². The standard InChI is InChI=1S/C12H8F2N2O2/c13-9-2-1-3-10(14)8(9)6-18-12(17)11-4-5-15-7-16-11/h1-5,7H,6H2. The summed E-state index contributed by atoms with van der Waals surface area (Å²) in [6.45, 7) is -0.485. The number of nitrogens with zero attached hydrogens (tertiary/aromatic N) is 2. The molecule has 0 aliphatic heterocycles. The van der Waals surface area contributed by atoms with Crippen molar-refractivity contribution in [2.75, 3.05) is 0 Å². The maximum Gasteiger partial charge on any atom is 0.357 e. The molecule has 4 nitrogen and oxygen atoms in total. The van der Waals surface area contributed by atoms with Gasteiger partial charge in [-0.3, -0.25) is 0 Å². The Hall–Kier alpha value is -2.37. The summed E-state index contributed by atoms with van der Waals surface area (Å²) in [5, 5.41) is 0. The molecule has 0 amide bonds. The summed E-state index contributed by atoms with van der Waals surface area (Å²) in [6, 6.07) is 4.77. The van der Waals surface area contributed by atoms with Crippen LogP contribution in [0, 0.1) is 11.6 Å². The zero-order valence-corrected chi connectivity index (χ0v) is 9.14. The second-order valence-corrected chi connectivity index (χ2v) is 3.37. The van der Waals surface area contributed by atoms with E-state index in [4.69, 9.17) is 4.74 Å². The van der Waals surface area contributed by atoms with Gasteiger partial charge in [-0.1, -0.05) is 6.07 Å². The van der Waals surface area contributed by atoms with Gasteiger partial charge >= 0.3 is 5.97 Å². The Kier molecular flexibility index (Phi) is 3.57. The summed E-state index contributed by atoms with van der Waals surface area (Å²) in [4.78, 5) is 18.8. The molecule has 18 heavy (non-hydrogen) atoms. The smallest absolute Gasteiger partial charge is 0.357 e. The van der Waals surface area contributed by atoms with Gasteiger partial charge in [-0.2, -0.15) is 0 Å². The van der Waals surface area contributed by atoms with Crippen LogP contribution in [0.1, 0.15) is 16.1 Å². The average Bonchev–Trinajstić information content (AvgIpc) is 2.39. The van der Waals surface area contributed by atoms with Gasteiger partial charge < -0.3 is 4.74 Å². The SMILES string of the molecule is O=C(OCc1c(F)cccc1F)c1ccncn1. The molecule has 0 atom stereocenters. The molecule has 0 bridgehead atoms. The minimum absolute atomic E-state index is 0.0294.